The molecule has 0 aliphatic heterocycles. The van der Waals surface area contributed by atoms with Crippen LogP contribution in [0.4, 0.5) is 4.39 Å². The van der Waals surface area contributed by atoms with E-state index in [0.717, 1.165) is 19.3 Å². The number of hydrogen-bond donors (Lipinski definition) is 0. The van der Waals surface area contributed by atoms with Crippen LogP contribution in [0.25, 0.3) is 0 Å². The van der Waals surface area contributed by atoms with Crippen LogP contribution in [0, 0.1) is 0 Å². The lowest BCUT2D eigenvalue weighted by Crippen LogP contribution is -2.18. The quantitative estimate of drug-likeness (QED) is 0.615. The standard InChI is InChI=1S/C12H15F/c13-12-9-5-4-8-11(12)10-6-2-1-3-7-10/h1-3,6-7,11-12H,4-5,8-9H2/t11-,12+/m1/s1. The van der Waals surface area contributed by atoms with E-state index >= 15 is 0 Å². The fourth-order valence-corrected chi connectivity index (χ4v) is 2.16. The first-order valence-corrected chi connectivity index (χ1v) is 5.07. The summed E-state index contributed by atoms with van der Waals surface area (Å²) in [4.78, 5) is 0. The molecule has 1 aliphatic carbocycles. The van der Waals surface area contributed by atoms with Gasteiger partial charge in [-0.15, -0.1) is 0 Å². The van der Waals surface area contributed by atoms with Gasteiger partial charge in [-0.3, -0.25) is 0 Å². The van der Waals surface area contributed by atoms with Crippen LogP contribution in [0.3, 0.4) is 0 Å². The third kappa shape index (κ3) is 1.90. The fourth-order valence-electron chi connectivity index (χ4n) is 2.16. The maximum absolute atomic E-state index is 13.5. The lowest BCUT2D eigenvalue weighted by atomic mass is 9.83. The van der Waals surface area contributed by atoms with Gasteiger partial charge in [0.25, 0.3) is 0 Å². The van der Waals surface area contributed by atoms with Gasteiger partial charge in [-0.05, 0) is 18.4 Å². The molecule has 0 radical (unpaired) electrons. The van der Waals surface area contributed by atoms with Crippen molar-refractivity contribution in [3.63, 3.8) is 0 Å². The molecule has 0 heterocycles. The van der Waals surface area contributed by atoms with Gasteiger partial charge in [0.15, 0.2) is 0 Å². The van der Waals surface area contributed by atoms with Crippen molar-refractivity contribution in [2.24, 2.45) is 0 Å². The molecule has 0 saturated heterocycles. The molecule has 0 N–H and O–H groups in total. The van der Waals surface area contributed by atoms with Gasteiger partial charge in [0.05, 0.1) is 0 Å². The first-order valence-electron chi connectivity index (χ1n) is 5.07. The summed E-state index contributed by atoms with van der Waals surface area (Å²) in [6.07, 6.45) is 3.39. The van der Waals surface area contributed by atoms with Gasteiger partial charge < -0.3 is 0 Å². The molecular formula is C12H15F. The number of hydrogen-bond acceptors (Lipinski definition) is 0. The van der Waals surface area contributed by atoms with Crippen LogP contribution in [0.5, 0.6) is 0 Å². The molecule has 1 fully saturated rings. The van der Waals surface area contributed by atoms with Crippen molar-refractivity contribution >= 4 is 0 Å². The Hall–Kier alpha value is -0.850. The highest BCUT2D eigenvalue weighted by atomic mass is 19.1. The Kier molecular flexibility index (Phi) is 2.62. The zero-order valence-corrected chi connectivity index (χ0v) is 7.75. The maximum atomic E-state index is 13.5. The van der Waals surface area contributed by atoms with Crippen LogP contribution in [0.2, 0.25) is 0 Å². The van der Waals surface area contributed by atoms with Crippen LogP contribution < -0.4 is 0 Å². The molecule has 0 nitrogen and oxygen atoms in total. The summed E-state index contributed by atoms with van der Waals surface area (Å²) >= 11 is 0. The minimum Gasteiger partial charge on any atom is -0.247 e. The van der Waals surface area contributed by atoms with Crippen LogP contribution >= 0.6 is 0 Å². The largest absolute Gasteiger partial charge is 0.247 e. The molecule has 0 bridgehead atoms. The molecule has 70 valence electrons. The molecule has 0 unspecified atom stereocenters. The fraction of sp³-hybridized carbons (Fsp3) is 0.500. The molecule has 1 aliphatic rings. The number of benzene rings is 1. The summed E-state index contributed by atoms with van der Waals surface area (Å²) in [5.74, 6) is 0.162. The third-order valence-electron chi connectivity index (χ3n) is 2.91. The highest BCUT2D eigenvalue weighted by Gasteiger charge is 2.25. The summed E-state index contributed by atoms with van der Waals surface area (Å²) < 4.78 is 13.5. The van der Waals surface area contributed by atoms with E-state index < -0.39 is 6.17 Å². The summed E-state index contributed by atoms with van der Waals surface area (Å²) in [7, 11) is 0. The molecule has 2 atom stereocenters. The average molecular weight is 178 g/mol. The Morgan fingerprint density at radius 1 is 1.00 bits per heavy atom. The molecule has 2 rings (SSSR count). The van der Waals surface area contributed by atoms with Gasteiger partial charge in [0, 0.05) is 5.92 Å². The Morgan fingerprint density at radius 3 is 2.38 bits per heavy atom. The second-order valence-corrected chi connectivity index (χ2v) is 3.82. The van der Waals surface area contributed by atoms with E-state index in [2.05, 4.69) is 0 Å². The molecule has 1 aromatic rings. The first-order chi connectivity index (χ1) is 6.38. The molecule has 1 aromatic carbocycles. The molecule has 1 heteroatoms. The minimum absolute atomic E-state index is 0.162. The normalized spacial score (nSPS) is 28.7. The predicted molar refractivity (Wildman–Crippen MR) is 52.5 cm³/mol. The second kappa shape index (κ2) is 3.91. The lowest BCUT2D eigenvalue weighted by Gasteiger charge is -2.25. The smallest absolute Gasteiger partial charge is 0.107 e. The van der Waals surface area contributed by atoms with Crippen LogP contribution in [0.15, 0.2) is 30.3 Å². The highest BCUT2D eigenvalue weighted by Crippen LogP contribution is 2.34. The molecule has 0 aromatic heterocycles. The van der Waals surface area contributed by atoms with E-state index in [1.54, 1.807) is 0 Å². The van der Waals surface area contributed by atoms with Gasteiger partial charge in [-0.2, -0.15) is 0 Å². The summed E-state index contributed by atoms with van der Waals surface area (Å²) in [6.45, 7) is 0. The van der Waals surface area contributed by atoms with Crippen LogP contribution in [-0.4, -0.2) is 6.17 Å². The molecule has 1 saturated carbocycles. The van der Waals surface area contributed by atoms with Crippen molar-refractivity contribution < 1.29 is 4.39 Å². The van der Waals surface area contributed by atoms with E-state index in [1.165, 1.54) is 12.0 Å². The zero-order valence-electron chi connectivity index (χ0n) is 7.75. The van der Waals surface area contributed by atoms with Crippen molar-refractivity contribution in [1.82, 2.24) is 0 Å². The Bertz CT molecular complexity index is 255. The van der Waals surface area contributed by atoms with Gasteiger partial charge in [0.2, 0.25) is 0 Å². The maximum Gasteiger partial charge on any atom is 0.107 e. The van der Waals surface area contributed by atoms with E-state index in [9.17, 15) is 4.39 Å². The summed E-state index contributed by atoms with van der Waals surface area (Å²) in [6, 6.07) is 10.1. The Balaban J connectivity index is 2.15. The molecule has 0 spiro atoms. The molecule has 13 heavy (non-hydrogen) atoms. The van der Waals surface area contributed by atoms with Gasteiger partial charge in [0.1, 0.15) is 6.17 Å². The summed E-state index contributed by atoms with van der Waals surface area (Å²) in [5.41, 5.74) is 1.18. The van der Waals surface area contributed by atoms with Crippen LogP contribution in [-0.2, 0) is 0 Å². The number of halogens is 1. The SMILES string of the molecule is F[C@H]1CCCC[C@@H]1c1ccccc1. The van der Waals surface area contributed by atoms with Crippen molar-refractivity contribution in [2.45, 2.75) is 37.8 Å². The summed E-state index contributed by atoms with van der Waals surface area (Å²) in [5, 5.41) is 0. The van der Waals surface area contributed by atoms with Crippen molar-refractivity contribution in [2.75, 3.05) is 0 Å². The lowest BCUT2D eigenvalue weighted by molar-refractivity contribution is 0.216. The Morgan fingerprint density at radius 2 is 1.69 bits per heavy atom. The van der Waals surface area contributed by atoms with Gasteiger partial charge in [-0.25, -0.2) is 4.39 Å². The second-order valence-electron chi connectivity index (χ2n) is 3.82. The number of rotatable bonds is 1. The zero-order chi connectivity index (χ0) is 9.10. The van der Waals surface area contributed by atoms with E-state index in [4.69, 9.17) is 0 Å². The predicted octanol–water partition coefficient (Wildman–Crippen LogP) is 3.68. The molecular weight excluding hydrogens is 163 g/mol. The third-order valence-corrected chi connectivity index (χ3v) is 2.91. The Labute approximate surface area is 78.8 Å². The molecule has 0 amide bonds. The monoisotopic (exact) mass is 178 g/mol. The average Bonchev–Trinajstić information content (AvgIpc) is 2.20. The van der Waals surface area contributed by atoms with Gasteiger partial charge >= 0.3 is 0 Å². The highest BCUT2D eigenvalue weighted by molar-refractivity contribution is 5.21. The van der Waals surface area contributed by atoms with Crippen molar-refractivity contribution in [1.29, 1.82) is 0 Å². The van der Waals surface area contributed by atoms with Crippen molar-refractivity contribution in [3.8, 4) is 0 Å². The number of alkyl halides is 1. The van der Waals surface area contributed by atoms with E-state index in [-0.39, 0.29) is 5.92 Å². The van der Waals surface area contributed by atoms with Crippen LogP contribution in [0.1, 0.15) is 37.2 Å². The topological polar surface area (TPSA) is 0 Å². The van der Waals surface area contributed by atoms with Gasteiger partial charge in [-0.1, -0.05) is 43.2 Å². The van der Waals surface area contributed by atoms with Crippen molar-refractivity contribution in [3.05, 3.63) is 35.9 Å². The van der Waals surface area contributed by atoms with E-state index in [0.29, 0.717) is 0 Å². The first kappa shape index (κ1) is 8.74. The minimum atomic E-state index is -0.615. The van der Waals surface area contributed by atoms with E-state index in [1.807, 2.05) is 30.3 Å².